The third-order valence-corrected chi connectivity index (χ3v) is 10.4. The Morgan fingerprint density at radius 1 is 0.361 bits per heavy atom. The molecule has 0 aliphatic carbocycles. The first-order valence-corrected chi connectivity index (χ1v) is 25.1. The molecule has 61 heavy (non-hydrogen) atoms. The molecule has 1 unspecified atom stereocenters. The summed E-state index contributed by atoms with van der Waals surface area (Å²) in [6.45, 7) is 6.40. The van der Waals surface area contributed by atoms with Crippen molar-refractivity contribution in [2.45, 2.75) is 232 Å². The maximum absolute atomic E-state index is 12.8. The Labute approximate surface area is 375 Å². The van der Waals surface area contributed by atoms with E-state index in [1.807, 2.05) is 0 Å². The van der Waals surface area contributed by atoms with Crippen molar-refractivity contribution in [3.05, 3.63) is 85.1 Å². The highest BCUT2D eigenvalue weighted by Crippen LogP contribution is 2.13. The van der Waals surface area contributed by atoms with Gasteiger partial charge in [-0.05, 0) is 96.3 Å². The normalized spacial score (nSPS) is 12.8. The Balaban J connectivity index is 4.42. The number of hydrogen-bond donors (Lipinski definition) is 0. The molecule has 0 aromatic rings. The quantitative estimate of drug-likeness (QED) is 0.0200. The van der Waals surface area contributed by atoms with E-state index in [0.717, 1.165) is 109 Å². The lowest BCUT2D eigenvalue weighted by molar-refractivity contribution is -0.167. The maximum Gasteiger partial charge on any atom is 0.306 e. The summed E-state index contributed by atoms with van der Waals surface area (Å²) in [5, 5.41) is 0. The van der Waals surface area contributed by atoms with Crippen LogP contribution in [0.25, 0.3) is 0 Å². The molecular weight excluding hydrogens is 757 g/mol. The molecule has 0 aromatic heterocycles. The Hall–Kier alpha value is -3.41. The van der Waals surface area contributed by atoms with Crippen molar-refractivity contribution in [2.75, 3.05) is 13.2 Å². The number of ether oxygens (including phenoxy) is 3. The predicted octanol–water partition coefficient (Wildman–Crippen LogP) is 16.4. The Bertz CT molecular complexity index is 1200. The third kappa shape index (κ3) is 47.5. The molecule has 348 valence electrons. The fraction of sp³-hybridized carbons (Fsp3) is 0.691. The van der Waals surface area contributed by atoms with Crippen LogP contribution >= 0.6 is 0 Å². The first-order chi connectivity index (χ1) is 30.0. The molecule has 0 heterocycles. The molecule has 6 nitrogen and oxygen atoms in total. The van der Waals surface area contributed by atoms with Gasteiger partial charge in [-0.15, -0.1) is 0 Å². The molecule has 0 aromatic carbocycles. The van der Waals surface area contributed by atoms with Crippen molar-refractivity contribution >= 4 is 17.9 Å². The lowest BCUT2D eigenvalue weighted by Crippen LogP contribution is -2.30. The minimum absolute atomic E-state index is 0.103. The van der Waals surface area contributed by atoms with Gasteiger partial charge in [-0.2, -0.15) is 0 Å². The second kappa shape index (κ2) is 49.2. The van der Waals surface area contributed by atoms with Crippen LogP contribution in [0.4, 0.5) is 0 Å². The van der Waals surface area contributed by atoms with Gasteiger partial charge in [0.2, 0.25) is 0 Å². The topological polar surface area (TPSA) is 78.9 Å². The third-order valence-electron chi connectivity index (χ3n) is 10.4. The average Bonchev–Trinajstić information content (AvgIpc) is 3.26. The number of carbonyl (C=O) groups is 3. The number of allylic oxidation sites excluding steroid dienone is 14. The van der Waals surface area contributed by atoms with E-state index in [1.165, 1.54) is 77.0 Å². The van der Waals surface area contributed by atoms with Gasteiger partial charge < -0.3 is 14.2 Å². The van der Waals surface area contributed by atoms with Crippen LogP contribution in [-0.2, 0) is 28.6 Å². The minimum atomic E-state index is -0.802. The lowest BCUT2D eigenvalue weighted by atomic mass is 10.1. The smallest absolute Gasteiger partial charge is 0.306 e. The number of esters is 3. The largest absolute Gasteiger partial charge is 0.462 e. The summed E-state index contributed by atoms with van der Waals surface area (Å²) < 4.78 is 16.7. The van der Waals surface area contributed by atoms with Crippen LogP contribution in [0.5, 0.6) is 0 Å². The van der Waals surface area contributed by atoms with Crippen LogP contribution in [-0.4, -0.2) is 37.2 Å². The van der Waals surface area contributed by atoms with Crippen molar-refractivity contribution in [3.63, 3.8) is 0 Å². The zero-order valence-electron chi connectivity index (χ0n) is 39.7. The van der Waals surface area contributed by atoms with Gasteiger partial charge >= 0.3 is 17.9 Å². The van der Waals surface area contributed by atoms with Gasteiger partial charge in [0.05, 0.1) is 0 Å². The van der Waals surface area contributed by atoms with E-state index >= 15 is 0 Å². The summed E-state index contributed by atoms with van der Waals surface area (Å²) >= 11 is 0. The highest BCUT2D eigenvalue weighted by atomic mass is 16.6. The highest BCUT2D eigenvalue weighted by Gasteiger charge is 2.19. The standard InChI is InChI=1S/C55H92O6/c1-4-7-10-13-16-19-21-23-25-27-28-30-31-33-36-39-42-45-48-54(57)60-51-52(50-59-53(56)47-44-41-38-35-18-15-12-9-6-3)61-55(58)49-46-43-40-37-34-32-29-26-24-22-20-17-14-11-8-5-2/h9,12,16,18-19,21,23,25-30,35,52H,4-8,10-11,13-15,17,20,22,24,31-34,36-51H2,1-3H3/b12-9-,19-16-,23-21-,27-25-,29-26-,30-28-,35-18-. The molecule has 6 heteroatoms. The van der Waals surface area contributed by atoms with Gasteiger partial charge in [-0.25, -0.2) is 0 Å². The van der Waals surface area contributed by atoms with Crippen molar-refractivity contribution in [2.24, 2.45) is 0 Å². The van der Waals surface area contributed by atoms with Gasteiger partial charge in [0.25, 0.3) is 0 Å². The van der Waals surface area contributed by atoms with Crippen molar-refractivity contribution in [1.82, 2.24) is 0 Å². The first-order valence-electron chi connectivity index (χ1n) is 25.1. The van der Waals surface area contributed by atoms with Crippen LogP contribution in [0.1, 0.15) is 226 Å². The van der Waals surface area contributed by atoms with Gasteiger partial charge in [-0.1, -0.05) is 196 Å². The van der Waals surface area contributed by atoms with E-state index in [-0.39, 0.29) is 31.1 Å². The van der Waals surface area contributed by atoms with E-state index in [2.05, 4.69) is 106 Å². The van der Waals surface area contributed by atoms with Crippen LogP contribution in [0, 0.1) is 0 Å². The van der Waals surface area contributed by atoms with Gasteiger partial charge in [0.1, 0.15) is 13.2 Å². The molecule has 0 amide bonds. The summed E-state index contributed by atoms with van der Waals surface area (Å²) in [6, 6.07) is 0. The van der Waals surface area contributed by atoms with Crippen LogP contribution < -0.4 is 0 Å². The van der Waals surface area contributed by atoms with Crippen molar-refractivity contribution < 1.29 is 28.6 Å². The van der Waals surface area contributed by atoms with Crippen LogP contribution in [0.15, 0.2) is 85.1 Å². The summed E-state index contributed by atoms with van der Waals surface area (Å²) in [7, 11) is 0. The molecule has 1 atom stereocenters. The van der Waals surface area contributed by atoms with Gasteiger partial charge in [0, 0.05) is 19.3 Å². The Morgan fingerprint density at radius 3 is 1.21 bits per heavy atom. The fourth-order valence-corrected chi connectivity index (χ4v) is 6.66. The number of rotatable bonds is 44. The molecule has 0 bridgehead atoms. The van der Waals surface area contributed by atoms with E-state index in [0.29, 0.717) is 19.3 Å². The number of hydrogen-bond acceptors (Lipinski definition) is 6. The average molecular weight is 849 g/mol. The van der Waals surface area contributed by atoms with Gasteiger partial charge in [0.15, 0.2) is 6.10 Å². The zero-order chi connectivity index (χ0) is 44.4. The molecule has 0 spiro atoms. The predicted molar refractivity (Wildman–Crippen MR) is 261 cm³/mol. The summed E-state index contributed by atoms with van der Waals surface area (Å²) in [4.78, 5) is 37.8. The van der Waals surface area contributed by atoms with Crippen molar-refractivity contribution in [1.29, 1.82) is 0 Å². The van der Waals surface area contributed by atoms with Crippen LogP contribution in [0.3, 0.4) is 0 Å². The second-order valence-corrected chi connectivity index (χ2v) is 16.4. The van der Waals surface area contributed by atoms with Crippen molar-refractivity contribution in [3.8, 4) is 0 Å². The molecule has 0 saturated heterocycles. The summed E-state index contributed by atoms with van der Waals surface area (Å²) in [6.07, 6.45) is 62.9. The van der Waals surface area contributed by atoms with E-state index in [1.54, 1.807) is 0 Å². The Morgan fingerprint density at radius 2 is 0.705 bits per heavy atom. The molecule has 0 N–H and O–H groups in total. The van der Waals surface area contributed by atoms with E-state index in [9.17, 15) is 14.4 Å². The molecule has 0 aliphatic rings. The summed E-state index contributed by atoms with van der Waals surface area (Å²) in [5.74, 6) is -0.973. The fourth-order valence-electron chi connectivity index (χ4n) is 6.66. The molecule has 0 radical (unpaired) electrons. The molecule has 0 saturated carbocycles. The second-order valence-electron chi connectivity index (χ2n) is 16.4. The minimum Gasteiger partial charge on any atom is -0.462 e. The first kappa shape index (κ1) is 57.6. The highest BCUT2D eigenvalue weighted by molar-refractivity contribution is 5.71. The van der Waals surface area contributed by atoms with Gasteiger partial charge in [-0.3, -0.25) is 14.4 Å². The van der Waals surface area contributed by atoms with E-state index in [4.69, 9.17) is 14.2 Å². The maximum atomic E-state index is 12.8. The Kier molecular flexibility index (Phi) is 46.5. The lowest BCUT2D eigenvalue weighted by Gasteiger charge is -2.18. The molecule has 0 rings (SSSR count). The molecular formula is C55H92O6. The zero-order valence-corrected chi connectivity index (χ0v) is 39.7. The number of carbonyl (C=O) groups excluding carboxylic acids is 3. The monoisotopic (exact) mass is 849 g/mol. The van der Waals surface area contributed by atoms with Crippen LogP contribution in [0.2, 0.25) is 0 Å². The summed E-state index contributed by atoms with van der Waals surface area (Å²) in [5.41, 5.74) is 0. The number of unbranched alkanes of at least 4 members (excludes halogenated alkanes) is 22. The SMILES string of the molecule is CC/C=C\C/C=C\CCCCC(=O)OCC(COC(=O)CCCCCCC\C=C/C=C\C=C/C=C\CCCCC)OC(=O)CCCCCCC/C=C\CCCCCCCCC. The molecule has 0 aliphatic heterocycles. The molecule has 0 fully saturated rings. The van der Waals surface area contributed by atoms with E-state index < -0.39 is 6.10 Å².